The van der Waals surface area contributed by atoms with Crippen molar-refractivity contribution in [3.63, 3.8) is 0 Å². The molecule has 78 valence electrons. The molecule has 1 fully saturated rings. The highest BCUT2D eigenvalue weighted by atomic mass is 14.7. The SMILES string of the molecule is CCC1CCCC(C(N)C(C)C)C1. The van der Waals surface area contributed by atoms with Gasteiger partial charge in [0, 0.05) is 6.04 Å². The van der Waals surface area contributed by atoms with Gasteiger partial charge in [-0.15, -0.1) is 0 Å². The van der Waals surface area contributed by atoms with Crippen LogP contribution in [0.15, 0.2) is 0 Å². The molecule has 0 aliphatic heterocycles. The van der Waals surface area contributed by atoms with Crippen LogP contribution in [0.5, 0.6) is 0 Å². The smallest absolute Gasteiger partial charge is 0.00904 e. The van der Waals surface area contributed by atoms with Crippen molar-refractivity contribution in [2.45, 2.75) is 58.9 Å². The average molecular weight is 183 g/mol. The molecule has 2 N–H and O–H groups in total. The van der Waals surface area contributed by atoms with Crippen molar-refractivity contribution in [2.24, 2.45) is 23.5 Å². The van der Waals surface area contributed by atoms with E-state index in [0.29, 0.717) is 12.0 Å². The molecule has 0 saturated heterocycles. The Morgan fingerprint density at radius 3 is 2.54 bits per heavy atom. The van der Waals surface area contributed by atoms with Gasteiger partial charge in [-0.25, -0.2) is 0 Å². The van der Waals surface area contributed by atoms with Gasteiger partial charge >= 0.3 is 0 Å². The molecular formula is C12H25N. The van der Waals surface area contributed by atoms with E-state index in [4.69, 9.17) is 5.73 Å². The van der Waals surface area contributed by atoms with Gasteiger partial charge in [-0.1, -0.05) is 40.0 Å². The summed E-state index contributed by atoms with van der Waals surface area (Å²) in [6, 6.07) is 0.439. The maximum atomic E-state index is 6.21. The second-order valence-electron chi connectivity index (χ2n) is 5.02. The summed E-state index contributed by atoms with van der Waals surface area (Å²) < 4.78 is 0. The summed E-state index contributed by atoms with van der Waals surface area (Å²) in [5.41, 5.74) is 6.21. The summed E-state index contributed by atoms with van der Waals surface area (Å²) in [6.07, 6.45) is 6.95. The normalized spacial score (nSPS) is 32.1. The largest absolute Gasteiger partial charge is 0.327 e. The maximum Gasteiger partial charge on any atom is 0.00904 e. The van der Waals surface area contributed by atoms with Crippen molar-refractivity contribution in [3.05, 3.63) is 0 Å². The zero-order valence-electron chi connectivity index (χ0n) is 9.42. The lowest BCUT2D eigenvalue weighted by atomic mass is 9.74. The highest BCUT2D eigenvalue weighted by molar-refractivity contribution is 4.81. The Morgan fingerprint density at radius 1 is 1.31 bits per heavy atom. The van der Waals surface area contributed by atoms with Gasteiger partial charge in [-0.05, 0) is 30.6 Å². The van der Waals surface area contributed by atoms with E-state index in [1.54, 1.807) is 0 Å². The van der Waals surface area contributed by atoms with Crippen molar-refractivity contribution < 1.29 is 0 Å². The van der Waals surface area contributed by atoms with Crippen LogP contribution in [0.2, 0.25) is 0 Å². The van der Waals surface area contributed by atoms with Crippen LogP contribution >= 0.6 is 0 Å². The quantitative estimate of drug-likeness (QED) is 0.714. The fourth-order valence-electron chi connectivity index (χ4n) is 2.60. The molecule has 1 aliphatic carbocycles. The van der Waals surface area contributed by atoms with E-state index >= 15 is 0 Å². The van der Waals surface area contributed by atoms with Gasteiger partial charge < -0.3 is 5.73 Å². The maximum absolute atomic E-state index is 6.21. The summed E-state index contributed by atoms with van der Waals surface area (Å²) >= 11 is 0. The minimum Gasteiger partial charge on any atom is -0.327 e. The zero-order valence-corrected chi connectivity index (χ0v) is 9.42. The average Bonchev–Trinajstić information content (AvgIpc) is 2.16. The van der Waals surface area contributed by atoms with Crippen LogP contribution in [-0.2, 0) is 0 Å². The molecule has 3 atom stereocenters. The summed E-state index contributed by atoms with van der Waals surface area (Å²) in [7, 11) is 0. The van der Waals surface area contributed by atoms with Crippen molar-refractivity contribution >= 4 is 0 Å². The Balaban J connectivity index is 2.41. The molecule has 0 radical (unpaired) electrons. The number of hydrogen-bond acceptors (Lipinski definition) is 1. The highest BCUT2D eigenvalue weighted by Gasteiger charge is 2.26. The Kier molecular flexibility index (Phi) is 4.24. The van der Waals surface area contributed by atoms with E-state index < -0.39 is 0 Å². The molecule has 1 saturated carbocycles. The van der Waals surface area contributed by atoms with E-state index in [1.165, 1.54) is 32.1 Å². The first kappa shape index (κ1) is 11.0. The molecule has 0 heterocycles. The zero-order chi connectivity index (χ0) is 9.84. The first-order chi connectivity index (χ1) is 6.15. The van der Waals surface area contributed by atoms with E-state index in [9.17, 15) is 0 Å². The van der Waals surface area contributed by atoms with Crippen molar-refractivity contribution in [1.29, 1.82) is 0 Å². The third-order valence-electron chi connectivity index (χ3n) is 3.71. The second-order valence-corrected chi connectivity index (χ2v) is 5.02. The van der Waals surface area contributed by atoms with Crippen LogP contribution in [0, 0.1) is 17.8 Å². The van der Waals surface area contributed by atoms with Crippen molar-refractivity contribution in [1.82, 2.24) is 0 Å². The van der Waals surface area contributed by atoms with Crippen molar-refractivity contribution in [2.75, 3.05) is 0 Å². The molecule has 13 heavy (non-hydrogen) atoms. The fourth-order valence-corrected chi connectivity index (χ4v) is 2.60. The molecule has 0 amide bonds. The van der Waals surface area contributed by atoms with E-state index in [1.807, 2.05) is 0 Å². The van der Waals surface area contributed by atoms with E-state index in [0.717, 1.165) is 11.8 Å². The first-order valence-corrected chi connectivity index (χ1v) is 5.90. The molecule has 0 aromatic heterocycles. The summed E-state index contributed by atoms with van der Waals surface area (Å²) in [6.45, 7) is 6.81. The molecule has 0 aromatic carbocycles. The standard InChI is InChI=1S/C12H25N/c1-4-10-6-5-7-11(8-10)12(13)9(2)3/h9-12H,4-8,13H2,1-3H3. The van der Waals surface area contributed by atoms with Crippen molar-refractivity contribution in [3.8, 4) is 0 Å². The van der Waals surface area contributed by atoms with Gasteiger partial charge in [-0.2, -0.15) is 0 Å². The van der Waals surface area contributed by atoms with Gasteiger partial charge in [-0.3, -0.25) is 0 Å². The number of nitrogens with two attached hydrogens (primary N) is 1. The van der Waals surface area contributed by atoms with Gasteiger partial charge in [0.15, 0.2) is 0 Å². The summed E-state index contributed by atoms with van der Waals surface area (Å²) in [4.78, 5) is 0. The molecule has 1 rings (SSSR count). The lowest BCUT2D eigenvalue weighted by molar-refractivity contribution is 0.204. The Morgan fingerprint density at radius 2 is 2.00 bits per heavy atom. The highest BCUT2D eigenvalue weighted by Crippen LogP contribution is 2.33. The molecule has 1 heteroatoms. The van der Waals surface area contributed by atoms with Crippen LogP contribution in [0.3, 0.4) is 0 Å². The predicted octanol–water partition coefficient (Wildman–Crippen LogP) is 3.19. The Bertz CT molecular complexity index is 142. The molecular weight excluding hydrogens is 158 g/mol. The molecule has 1 aliphatic rings. The monoisotopic (exact) mass is 183 g/mol. The molecule has 0 bridgehead atoms. The van der Waals surface area contributed by atoms with Gasteiger partial charge in [0.1, 0.15) is 0 Å². The second kappa shape index (κ2) is 4.99. The summed E-state index contributed by atoms with van der Waals surface area (Å²) in [5, 5.41) is 0. The fraction of sp³-hybridized carbons (Fsp3) is 1.00. The molecule has 0 aromatic rings. The third kappa shape index (κ3) is 2.98. The lowest BCUT2D eigenvalue weighted by Crippen LogP contribution is -2.37. The lowest BCUT2D eigenvalue weighted by Gasteiger charge is -2.34. The minimum atomic E-state index is 0.439. The molecule has 3 unspecified atom stereocenters. The van der Waals surface area contributed by atoms with Crippen LogP contribution in [0.4, 0.5) is 0 Å². The molecule has 1 nitrogen and oxygen atoms in total. The van der Waals surface area contributed by atoms with E-state index in [-0.39, 0.29) is 0 Å². The van der Waals surface area contributed by atoms with Crippen LogP contribution in [0.25, 0.3) is 0 Å². The predicted molar refractivity (Wildman–Crippen MR) is 58.6 cm³/mol. The third-order valence-corrected chi connectivity index (χ3v) is 3.71. The Hall–Kier alpha value is -0.0400. The minimum absolute atomic E-state index is 0.439. The van der Waals surface area contributed by atoms with Gasteiger partial charge in [0.05, 0.1) is 0 Å². The molecule has 0 spiro atoms. The van der Waals surface area contributed by atoms with E-state index in [2.05, 4.69) is 20.8 Å². The topological polar surface area (TPSA) is 26.0 Å². The van der Waals surface area contributed by atoms with Gasteiger partial charge in [0.25, 0.3) is 0 Å². The number of rotatable bonds is 3. The van der Waals surface area contributed by atoms with Crippen LogP contribution < -0.4 is 5.73 Å². The Labute approximate surface area is 83.1 Å². The summed E-state index contributed by atoms with van der Waals surface area (Å²) in [5.74, 6) is 2.42. The first-order valence-electron chi connectivity index (χ1n) is 5.90. The number of hydrogen-bond donors (Lipinski definition) is 1. The van der Waals surface area contributed by atoms with Crippen LogP contribution in [0.1, 0.15) is 52.9 Å². The van der Waals surface area contributed by atoms with Crippen LogP contribution in [-0.4, -0.2) is 6.04 Å². The van der Waals surface area contributed by atoms with Gasteiger partial charge in [0.2, 0.25) is 0 Å².